The van der Waals surface area contributed by atoms with Gasteiger partial charge < -0.3 is 20.6 Å². The third kappa shape index (κ3) is 5.93. The van der Waals surface area contributed by atoms with E-state index in [0.717, 1.165) is 23.1 Å². The number of nitrogens with one attached hydrogen (secondary N) is 2. The normalized spacial score (nSPS) is 15.0. The Balaban J connectivity index is 1.35. The Labute approximate surface area is 212 Å². The van der Waals surface area contributed by atoms with E-state index in [0.29, 0.717) is 28.7 Å². The molecule has 3 aromatic rings. The smallest absolute Gasteiger partial charge is 0.335 e. The molecule has 0 radical (unpaired) electrons. The van der Waals surface area contributed by atoms with Crippen LogP contribution >= 0.6 is 23.2 Å². The number of aromatic carboxylic acids is 1. The minimum atomic E-state index is -0.973. The third-order valence-corrected chi connectivity index (χ3v) is 6.60. The molecule has 1 aliphatic rings. The lowest BCUT2D eigenvalue weighted by Gasteiger charge is -2.24. The maximum atomic E-state index is 12.9. The topological polar surface area (TPSA) is 98.7 Å². The highest BCUT2D eigenvalue weighted by atomic mass is 35.5. The molecule has 3 N–H and O–H groups in total. The summed E-state index contributed by atoms with van der Waals surface area (Å²) in [6.07, 6.45) is 1.32. The van der Waals surface area contributed by atoms with Crippen molar-refractivity contribution in [2.75, 3.05) is 11.9 Å². The van der Waals surface area contributed by atoms with Crippen LogP contribution in [0.5, 0.6) is 0 Å². The summed E-state index contributed by atoms with van der Waals surface area (Å²) in [6, 6.07) is 18.1. The zero-order chi connectivity index (χ0) is 24.9. The molecule has 0 aromatic heterocycles. The molecule has 1 heterocycles. The van der Waals surface area contributed by atoms with Gasteiger partial charge in [-0.25, -0.2) is 9.59 Å². The van der Waals surface area contributed by atoms with E-state index >= 15 is 0 Å². The lowest BCUT2D eigenvalue weighted by atomic mass is 10.0. The number of carboxylic acids is 1. The highest BCUT2D eigenvalue weighted by molar-refractivity contribution is 6.42. The zero-order valence-electron chi connectivity index (χ0n) is 18.6. The first-order valence-corrected chi connectivity index (χ1v) is 11.8. The Morgan fingerprint density at radius 1 is 0.914 bits per heavy atom. The monoisotopic (exact) mass is 511 g/mol. The molecule has 1 atom stereocenters. The van der Waals surface area contributed by atoms with Gasteiger partial charge in [0.1, 0.15) is 6.04 Å². The van der Waals surface area contributed by atoms with Gasteiger partial charge in [0.25, 0.3) is 0 Å². The Morgan fingerprint density at radius 3 is 2.20 bits per heavy atom. The van der Waals surface area contributed by atoms with E-state index in [1.165, 1.54) is 0 Å². The third-order valence-electron chi connectivity index (χ3n) is 5.86. The van der Waals surface area contributed by atoms with Crippen LogP contribution in [0.25, 0.3) is 11.1 Å². The number of benzene rings is 3. The van der Waals surface area contributed by atoms with Gasteiger partial charge in [-0.2, -0.15) is 0 Å². The van der Waals surface area contributed by atoms with Crippen LogP contribution in [0.1, 0.15) is 28.8 Å². The number of amides is 3. The van der Waals surface area contributed by atoms with Crippen molar-refractivity contribution in [1.29, 1.82) is 0 Å². The molecule has 7 nitrogen and oxygen atoms in total. The van der Waals surface area contributed by atoms with E-state index in [9.17, 15) is 14.4 Å². The van der Waals surface area contributed by atoms with Gasteiger partial charge in [-0.3, -0.25) is 4.79 Å². The predicted molar refractivity (Wildman–Crippen MR) is 136 cm³/mol. The molecule has 3 amide bonds. The summed E-state index contributed by atoms with van der Waals surface area (Å²) < 4.78 is 0. The van der Waals surface area contributed by atoms with Gasteiger partial charge in [-0.15, -0.1) is 0 Å². The van der Waals surface area contributed by atoms with E-state index < -0.39 is 12.0 Å². The molecule has 4 rings (SSSR count). The lowest BCUT2D eigenvalue weighted by Crippen LogP contribution is -2.47. The molecule has 9 heteroatoms. The van der Waals surface area contributed by atoms with Crippen molar-refractivity contribution in [1.82, 2.24) is 10.2 Å². The second kappa shape index (κ2) is 10.8. The summed E-state index contributed by atoms with van der Waals surface area (Å²) in [5.74, 6) is -1.22. The number of hydrogen-bond acceptors (Lipinski definition) is 3. The number of carboxylic acid groups (broad SMARTS) is 1. The van der Waals surface area contributed by atoms with Gasteiger partial charge in [-0.05, 0) is 65.9 Å². The molecule has 0 bridgehead atoms. The first-order chi connectivity index (χ1) is 16.8. The number of anilines is 1. The number of likely N-dealkylation sites (tertiary alicyclic amines) is 1. The number of halogens is 2. The zero-order valence-corrected chi connectivity index (χ0v) is 20.1. The summed E-state index contributed by atoms with van der Waals surface area (Å²) in [5, 5.41) is 15.6. The average Bonchev–Trinajstić information content (AvgIpc) is 3.35. The largest absolute Gasteiger partial charge is 0.478 e. The number of rotatable bonds is 6. The summed E-state index contributed by atoms with van der Waals surface area (Å²) in [7, 11) is 0. The molecule has 0 saturated carbocycles. The van der Waals surface area contributed by atoms with Crippen LogP contribution in [-0.2, 0) is 11.3 Å². The number of nitrogens with zero attached hydrogens (tertiary/aromatic N) is 1. The highest BCUT2D eigenvalue weighted by Gasteiger charge is 2.34. The van der Waals surface area contributed by atoms with Gasteiger partial charge in [0, 0.05) is 18.8 Å². The van der Waals surface area contributed by atoms with E-state index in [1.54, 1.807) is 59.5 Å². The highest BCUT2D eigenvalue weighted by Crippen LogP contribution is 2.25. The van der Waals surface area contributed by atoms with Crippen LogP contribution in [0, 0.1) is 0 Å². The van der Waals surface area contributed by atoms with Crippen LogP contribution in [-0.4, -0.2) is 40.5 Å². The number of hydrogen-bond donors (Lipinski definition) is 3. The Kier molecular flexibility index (Phi) is 7.58. The van der Waals surface area contributed by atoms with Crippen molar-refractivity contribution in [2.45, 2.75) is 25.4 Å². The molecule has 3 aromatic carbocycles. The van der Waals surface area contributed by atoms with Crippen LogP contribution in [0.2, 0.25) is 10.0 Å². The van der Waals surface area contributed by atoms with Crippen LogP contribution in [0.3, 0.4) is 0 Å². The quantitative estimate of drug-likeness (QED) is 0.396. The number of carbonyl (C=O) groups is 3. The average molecular weight is 512 g/mol. The fraction of sp³-hybridized carbons (Fsp3) is 0.192. The van der Waals surface area contributed by atoms with E-state index in [2.05, 4.69) is 10.6 Å². The van der Waals surface area contributed by atoms with Crippen LogP contribution in [0.15, 0.2) is 66.7 Å². The molecule has 35 heavy (non-hydrogen) atoms. The fourth-order valence-electron chi connectivity index (χ4n) is 3.99. The van der Waals surface area contributed by atoms with Gasteiger partial charge in [0.15, 0.2) is 0 Å². The van der Waals surface area contributed by atoms with Crippen LogP contribution < -0.4 is 10.6 Å². The SMILES string of the molecule is O=C(O)c1ccc(-c2ccc(NC(=O)[C@H]3CCCN3C(=O)NCc3ccc(Cl)c(Cl)c3)cc2)cc1. The maximum absolute atomic E-state index is 12.9. The molecule has 1 fully saturated rings. The Hall–Kier alpha value is -3.55. The Morgan fingerprint density at radius 2 is 1.57 bits per heavy atom. The molecule has 0 spiro atoms. The second-order valence-electron chi connectivity index (χ2n) is 8.21. The molecular formula is C26H23Cl2N3O4. The van der Waals surface area contributed by atoms with E-state index in [-0.39, 0.29) is 24.0 Å². The first kappa shape index (κ1) is 24.6. The Bertz CT molecular complexity index is 1250. The lowest BCUT2D eigenvalue weighted by molar-refractivity contribution is -0.119. The number of urea groups is 1. The minimum absolute atomic E-state index is 0.222. The summed E-state index contributed by atoms with van der Waals surface area (Å²) in [4.78, 5) is 38.2. The van der Waals surface area contributed by atoms with Crippen LogP contribution in [0.4, 0.5) is 10.5 Å². The van der Waals surface area contributed by atoms with Crippen molar-refractivity contribution in [3.8, 4) is 11.1 Å². The molecule has 0 aliphatic carbocycles. The van der Waals surface area contributed by atoms with E-state index in [4.69, 9.17) is 28.3 Å². The van der Waals surface area contributed by atoms with Crippen molar-refractivity contribution < 1.29 is 19.5 Å². The standard InChI is InChI=1S/C26H23Cl2N3O4/c27-21-12-3-16(14-22(21)28)15-29-26(35)31-13-1-2-23(31)24(32)30-20-10-8-18(9-11-20)17-4-6-19(7-5-17)25(33)34/h3-12,14,23H,1-2,13,15H2,(H,29,35)(H,30,32)(H,33,34)/t23-/m1/s1. The summed E-state index contributed by atoms with van der Waals surface area (Å²) in [5.41, 5.74) is 3.41. The predicted octanol–water partition coefficient (Wildman–Crippen LogP) is 5.67. The van der Waals surface area contributed by atoms with Gasteiger partial charge in [0.05, 0.1) is 15.6 Å². The summed E-state index contributed by atoms with van der Waals surface area (Å²) in [6.45, 7) is 0.770. The molecule has 1 aliphatic heterocycles. The van der Waals surface area contributed by atoms with Crippen molar-refractivity contribution in [2.24, 2.45) is 0 Å². The van der Waals surface area contributed by atoms with E-state index in [1.807, 2.05) is 12.1 Å². The molecule has 0 unspecified atom stereocenters. The van der Waals surface area contributed by atoms with Crippen molar-refractivity contribution >= 4 is 46.8 Å². The minimum Gasteiger partial charge on any atom is -0.478 e. The maximum Gasteiger partial charge on any atom is 0.335 e. The van der Waals surface area contributed by atoms with Gasteiger partial charge >= 0.3 is 12.0 Å². The van der Waals surface area contributed by atoms with Gasteiger partial charge in [0.2, 0.25) is 5.91 Å². The van der Waals surface area contributed by atoms with Crippen molar-refractivity contribution in [3.05, 3.63) is 87.9 Å². The number of carbonyl (C=O) groups excluding carboxylic acids is 2. The second-order valence-corrected chi connectivity index (χ2v) is 9.02. The first-order valence-electron chi connectivity index (χ1n) is 11.0. The summed E-state index contributed by atoms with van der Waals surface area (Å²) >= 11 is 12.0. The fourth-order valence-corrected chi connectivity index (χ4v) is 4.31. The van der Waals surface area contributed by atoms with Gasteiger partial charge in [-0.1, -0.05) is 53.5 Å². The molecule has 180 valence electrons. The molecular weight excluding hydrogens is 489 g/mol. The van der Waals surface area contributed by atoms with Crippen molar-refractivity contribution in [3.63, 3.8) is 0 Å². The molecule has 1 saturated heterocycles.